The largest absolute Gasteiger partial charge is 0.463 e. The molecule has 0 aliphatic rings. The number of carbonyl (C=O) groups is 2. The van der Waals surface area contributed by atoms with Crippen LogP contribution in [-0.4, -0.2) is 23.1 Å². The zero-order chi connectivity index (χ0) is 22.4. The third kappa shape index (κ3) is 6.02. The summed E-state index contributed by atoms with van der Waals surface area (Å²) in [6.45, 7) is 6.10. The normalized spacial score (nSPS) is 12.2. The monoisotopic (exact) mass is 456 g/mol. The summed E-state index contributed by atoms with van der Waals surface area (Å²) >= 11 is 2.70. The van der Waals surface area contributed by atoms with Gasteiger partial charge in [0.05, 0.1) is 17.2 Å². The summed E-state index contributed by atoms with van der Waals surface area (Å²) in [5, 5.41) is 4.79. The van der Waals surface area contributed by atoms with Crippen LogP contribution in [0.5, 0.6) is 0 Å². The lowest BCUT2D eigenvalue weighted by Gasteiger charge is -2.06. The van der Waals surface area contributed by atoms with Gasteiger partial charge in [-0.2, -0.15) is 0 Å². The van der Waals surface area contributed by atoms with Gasteiger partial charge in [-0.25, -0.2) is 4.79 Å². The van der Waals surface area contributed by atoms with Crippen molar-refractivity contribution in [3.63, 3.8) is 0 Å². The summed E-state index contributed by atoms with van der Waals surface area (Å²) in [4.78, 5) is 38.5. The first-order valence-corrected chi connectivity index (χ1v) is 11.5. The molecule has 2 heterocycles. The molecule has 0 bridgehead atoms. The van der Waals surface area contributed by atoms with Crippen molar-refractivity contribution in [3.05, 3.63) is 76.8 Å². The summed E-state index contributed by atoms with van der Waals surface area (Å²) in [5.41, 5.74) is 2.87. The average molecular weight is 457 g/mol. The quantitative estimate of drug-likeness (QED) is 0.552. The molecule has 0 unspecified atom stereocenters. The molecule has 31 heavy (non-hydrogen) atoms. The zero-order valence-corrected chi connectivity index (χ0v) is 19.3. The van der Waals surface area contributed by atoms with Gasteiger partial charge in [-0.1, -0.05) is 29.8 Å². The molecule has 0 saturated carbocycles. The van der Waals surface area contributed by atoms with Crippen molar-refractivity contribution in [3.8, 4) is 0 Å². The molecule has 3 aromatic rings. The molecule has 8 heteroatoms. The maximum Gasteiger partial charge on any atom is 0.333 e. The van der Waals surface area contributed by atoms with Crippen molar-refractivity contribution in [2.75, 3.05) is 6.61 Å². The van der Waals surface area contributed by atoms with Crippen LogP contribution in [0.2, 0.25) is 0 Å². The Balaban J connectivity index is 1.90. The van der Waals surface area contributed by atoms with Gasteiger partial charge in [-0.05, 0) is 49.4 Å². The van der Waals surface area contributed by atoms with E-state index in [1.807, 2.05) is 49.6 Å². The van der Waals surface area contributed by atoms with Gasteiger partial charge in [0.15, 0.2) is 0 Å². The Morgan fingerprint density at radius 1 is 1.16 bits per heavy atom. The summed E-state index contributed by atoms with van der Waals surface area (Å²) < 4.78 is 7.15. The fourth-order valence-corrected chi connectivity index (χ4v) is 4.78. The number of hydrogen-bond donors (Lipinski definition) is 1. The van der Waals surface area contributed by atoms with E-state index in [4.69, 9.17) is 4.74 Å². The summed E-state index contributed by atoms with van der Waals surface area (Å²) in [5.74, 6) is -0.853. The second-order valence-electron chi connectivity index (χ2n) is 6.97. The van der Waals surface area contributed by atoms with Crippen LogP contribution in [0.1, 0.15) is 28.5 Å². The molecule has 1 aromatic carbocycles. The number of thiazole rings is 1. The van der Waals surface area contributed by atoms with E-state index in [0.717, 1.165) is 21.6 Å². The highest BCUT2D eigenvalue weighted by Crippen LogP contribution is 2.15. The van der Waals surface area contributed by atoms with E-state index in [0.29, 0.717) is 15.7 Å². The van der Waals surface area contributed by atoms with Crippen LogP contribution in [0, 0.1) is 13.8 Å². The van der Waals surface area contributed by atoms with E-state index in [-0.39, 0.29) is 24.6 Å². The Hall–Kier alpha value is -2.97. The molecule has 0 aliphatic carbocycles. The molecule has 0 atom stereocenters. The number of rotatable bonds is 7. The molecule has 6 nitrogen and oxygen atoms in total. The lowest BCUT2D eigenvalue weighted by molar-refractivity contribution is -0.135. The number of amides is 1. The number of thiophene rings is 1. The molecule has 0 fully saturated rings. The molecule has 0 saturated heterocycles. The van der Waals surface area contributed by atoms with Gasteiger partial charge in [0.2, 0.25) is 5.91 Å². The van der Waals surface area contributed by atoms with Crippen LogP contribution in [-0.2, 0) is 27.4 Å². The lowest BCUT2D eigenvalue weighted by atomic mass is 10.1. The van der Waals surface area contributed by atoms with Crippen molar-refractivity contribution in [2.24, 2.45) is 0 Å². The Bertz CT molecular complexity index is 1250. The molecule has 0 aliphatic heterocycles. The number of esters is 1. The fourth-order valence-electron chi connectivity index (χ4n) is 2.84. The maximum absolute atomic E-state index is 13.0. The molecule has 0 spiro atoms. The minimum Gasteiger partial charge on any atom is -0.463 e. The standard InChI is InChI=1S/C23H24N2O4S2/c1-4-29-22(27)12-21-25(14-20(26)24-13-17-7-5-15(2)6-8-17)23(28)19(31-21)11-18-16(3)9-10-30-18/h5-12H,4,13-14H2,1-3H3,(H,24,26)/b19-11+,21-12+. The van der Waals surface area contributed by atoms with Gasteiger partial charge in [0.1, 0.15) is 11.2 Å². The van der Waals surface area contributed by atoms with Crippen molar-refractivity contribution in [2.45, 2.75) is 33.9 Å². The predicted molar refractivity (Wildman–Crippen MR) is 125 cm³/mol. The van der Waals surface area contributed by atoms with Crippen molar-refractivity contribution < 1.29 is 14.3 Å². The van der Waals surface area contributed by atoms with Gasteiger partial charge in [0, 0.05) is 11.4 Å². The van der Waals surface area contributed by atoms with E-state index >= 15 is 0 Å². The Kier molecular flexibility index (Phi) is 7.59. The highest BCUT2D eigenvalue weighted by molar-refractivity contribution is 7.11. The summed E-state index contributed by atoms with van der Waals surface area (Å²) in [7, 11) is 0. The third-order valence-corrected chi connectivity index (χ3v) is 6.57. The van der Waals surface area contributed by atoms with Crippen molar-refractivity contribution in [1.82, 2.24) is 9.88 Å². The summed E-state index contributed by atoms with van der Waals surface area (Å²) in [6, 6.07) is 9.83. The molecular formula is C23H24N2O4S2. The van der Waals surface area contributed by atoms with Gasteiger partial charge >= 0.3 is 5.97 Å². The Labute approximate surface area is 188 Å². The van der Waals surface area contributed by atoms with Crippen LogP contribution in [0.25, 0.3) is 12.2 Å². The predicted octanol–water partition coefficient (Wildman–Crippen LogP) is 2.08. The van der Waals surface area contributed by atoms with Gasteiger partial charge in [-0.3, -0.25) is 14.2 Å². The van der Waals surface area contributed by atoms with Crippen LogP contribution < -0.4 is 20.1 Å². The van der Waals surface area contributed by atoms with Gasteiger partial charge < -0.3 is 10.1 Å². The fraction of sp³-hybridized carbons (Fsp3) is 0.261. The summed E-state index contributed by atoms with van der Waals surface area (Å²) in [6.07, 6.45) is 3.07. The first-order valence-electron chi connectivity index (χ1n) is 9.83. The van der Waals surface area contributed by atoms with Crippen LogP contribution in [0.15, 0.2) is 40.5 Å². The minimum absolute atomic E-state index is 0.177. The lowest BCUT2D eigenvalue weighted by Crippen LogP contribution is -2.38. The number of carbonyl (C=O) groups excluding carboxylic acids is 2. The topological polar surface area (TPSA) is 77.4 Å². The highest BCUT2D eigenvalue weighted by atomic mass is 32.1. The number of aryl methyl sites for hydroxylation is 2. The number of hydrogen-bond acceptors (Lipinski definition) is 6. The number of ether oxygens (including phenoxy) is 1. The van der Waals surface area contributed by atoms with Crippen molar-refractivity contribution in [1.29, 1.82) is 0 Å². The third-order valence-electron chi connectivity index (χ3n) is 4.54. The van der Waals surface area contributed by atoms with E-state index in [1.54, 1.807) is 13.0 Å². The molecule has 2 aromatic heterocycles. The van der Waals surface area contributed by atoms with Gasteiger partial charge in [-0.15, -0.1) is 22.7 Å². The van der Waals surface area contributed by atoms with E-state index in [2.05, 4.69) is 5.32 Å². The molecule has 1 amide bonds. The first kappa shape index (κ1) is 22.7. The first-order chi connectivity index (χ1) is 14.9. The SMILES string of the molecule is CCOC(=O)/C=c1/s/c(=C/c2sccc2C)c(=O)n1CC(=O)NCc1ccc(C)cc1. The van der Waals surface area contributed by atoms with E-state index in [9.17, 15) is 14.4 Å². The molecule has 162 valence electrons. The van der Waals surface area contributed by atoms with Gasteiger partial charge in [0.25, 0.3) is 5.56 Å². The van der Waals surface area contributed by atoms with Crippen LogP contribution >= 0.6 is 22.7 Å². The second-order valence-corrected chi connectivity index (χ2v) is 8.98. The van der Waals surface area contributed by atoms with Crippen LogP contribution in [0.4, 0.5) is 0 Å². The molecule has 3 rings (SSSR count). The smallest absolute Gasteiger partial charge is 0.333 e. The Morgan fingerprint density at radius 3 is 2.55 bits per heavy atom. The van der Waals surface area contributed by atoms with E-state index < -0.39 is 5.97 Å². The Morgan fingerprint density at radius 2 is 1.90 bits per heavy atom. The number of nitrogens with one attached hydrogen (secondary N) is 1. The van der Waals surface area contributed by atoms with Crippen molar-refractivity contribution >= 4 is 46.7 Å². The number of nitrogens with zero attached hydrogens (tertiary/aromatic N) is 1. The average Bonchev–Trinajstić information content (AvgIpc) is 3.26. The molecular weight excluding hydrogens is 432 g/mol. The number of aromatic nitrogens is 1. The minimum atomic E-state index is -0.545. The zero-order valence-electron chi connectivity index (χ0n) is 17.6. The highest BCUT2D eigenvalue weighted by Gasteiger charge is 2.11. The molecule has 1 N–H and O–H groups in total. The molecule has 0 radical (unpaired) electrons. The van der Waals surface area contributed by atoms with E-state index in [1.165, 1.54) is 33.3 Å². The van der Waals surface area contributed by atoms with Crippen LogP contribution in [0.3, 0.4) is 0 Å². The second kappa shape index (κ2) is 10.4. The number of benzene rings is 1. The maximum atomic E-state index is 13.0.